The maximum atomic E-state index is 2.58. The molecule has 0 bridgehead atoms. The van der Waals surface area contributed by atoms with Crippen molar-refractivity contribution in [1.82, 2.24) is 4.57 Å². The lowest BCUT2D eigenvalue weighted by molar-refractivity contribution is -0.704. The predicted molar refractivity (Wildman–Crippen MR) is 133 cm³/mol. The van der Waals surface area contributed by atoms with E-state index in [1.807, 2.05) is 0 Å². The van der Waals surface area contributed by atoms with Crippen LogP contribution in [0.5, 0.6) is 0 Å². The predicted octanol–water partition coefficient (Wildman–Crippen LogP) is 8.79. The van der Waals surface area contributed by atoms with Gasteiger partial charge in [-0.05, 0) is 32.1 Å². The number of hydrogen-bond acceptors (Lipinski definition) is 0. The zero-order chi connectivity index (χ0) is 21.7. The van der Waals surface area contributed by atoms with Gasteiger partial charge in [0.15, 0.2) is 0 Å². The third kappa shape index (κ3) is 13.5. The van der Waals surface area contributed by atoms with E-state index in [0.29, 0.717) is 0 Å². The Balaban J connectivity index is 2.31. The monoisotopic (exact) mass is 419 g/mol. The molecule has 1 aromatic rings. The van der Waals surface area contributed by atoms with Gasteiger partial charge in [-0.3, -0.25) is 0 Å². The number of hydrogen-bond donors (Lipinski definition) is 0. The quantitative estimate of drug-likeness (QED) is 0.131. The van der Waals surface area contributed by atoms with Gasteiger partial charge in [-0.2, -0.15) is 0 Å². The summed E-state index contributed by atoms with van der Waals surface area (Å²) in [5.41, 5.74) is 0. The van der Waals surface area contributed by atoms with Gasteiger partial charge >= 0.3 is 0 Å². The minimum absolute atomic E-state index is 1.21. The fourth-order valence-corrected chi connectivity index (χ4v) is 4.56. The summed E-state index contributed by atoms with van der Waals surface area (Å²) in [6.07, 6.45) is 32.6. The van der Waals surface area contributed by atoms with Crippen molar-refractivity contribution in [2.45, 2.75) is 162 Å². The molecule has 0 spiro atoms. The smallest absolute Gasteiger partial charge is 0.234 e. The Hall–Kier alpha value is -0.790. The molecule has 0 amide bonds. The van der Waals surface area contributed by atoms with Crippen LogP contribution in [0.15, 0.2) is 12.4 Å². The highest BCUT2D eigenvalue weighted by atomic mass is 15.1. The molecule has 0 aliphatic carbocycles. The van der Waals surface area contributed by atoms with Crippen LogP contribution in [0.2, 0.25) is 0 Å². The molecule has 1 heterocycles. The molecule has 0 radical (unpaired) electrons. The second-order valence-electron chi connectivity index (χ2n) is 9.51. The minimum Gasteiger partial charge on any atom is -0.234 e. The summed E-state index contributed by atoms with van der Waals surface area (Å²) in [6.45, 7) is 9.35. The van der Waals surface area contributed by atoms with Gasteiger partial charge in [-0.25, -0.2) is 9.13 Å². The maximum absolute atomic E-state index is 2.58. The standard InChI is InChI=1S/C28H55N2/c1-4-7-10-12-14-15-16-17-18-20-23-28-29(24-21-9-6-3)26-27-30(28)25-22-19-13-11-8-5-2/h26-27H,4-25H2,1-3H3/q+1. The normalized spacial score (nSPS) is 11.4. The molecular formula is C28H55N2+. The van der Waals surface area contributed by atoms with Crippen LogP contribution < -0.4 is 4.57 Å². The topological polar surface area (TPSA) is 8.81 Å². The molecule has 1 rings (SSSR count). The zero-order valence-electron chi connectivity index (χ0n) is 21.1. The van der Waals surface area contributed by atoms with Crippen molar-refractivity contribution in [3.8, 4) is 0 Å². The second kappa shape index (κ2) is 20.1. The van der Waals surface area contributed by atoms with E-state index in [2.05, 4.69) is 42.3 Å². The average molecular weight is 420 g/mol. The molecule has 0 N–H and O–H groups in total. The summed E-state index contributed by atoms with van der Waals surface area (Å²) in [6, 6.07) is 0. The van der Waals surface area contributed by atoms with Crippen LogP contribution in [0, 0.1) is 0 Å². The van der Waals surface area contributed by atoms with E-state index in [4.69, 9.17) is 0 Å². The van der Waals surface area contributed by atoms with Gasteiger partial charge in [-0.1, -0.05) is 111 Å². The van der Waals surface area contributed by atoms with E-state index in [1.165, 1.54) is 142 Å². The van der Waals surface area contributed by atoms with E-state index >= 15 is 0 Å². The van der Waals surface area contributed by atoms with E-state index < -0.39 is 0 Å². The molecule has 0 aliphatic rings. The Morgan fingerprint density at radius 1 is 0.567 bits per heavy atom. The third-order valence-corrected chi connectivity index (χ3v) is 6.60. The first-order valence-electron chi connectivity index (χ1n) is 13.9. The molecule has 0 aliphatic heterocycles. The molecule has 0 fully saturated rings. The molecule has 30 heavy (non-hydrogen) atoms. The summed E-state index contributed by atoms with van der Waals surface area (Å²) in [4.78, 5) is 0. The summed E-state index contributed by atoms with van der Waals surface area (Å²) in [7, 11) is 0. The molecule has 2 nitrogen and oxygen atoms in total. The molecule has 0 unspecified atom stereocenters. The molecule has 0 atom stereocenters. The first kappa shape index (κ1) is 27.2. The highest BCUT2D eigenvalue weighted by Gasteiger charge is 2.16. The average Bonchev–Trinajstić information content (AvgIpc) is 3.13. The molecular weight excluding hydrogens is 364 g/mol. The third-order valence-electron chi connectivity index (χ3n) is 6.60. The molecule has 176 valence electrons. The number of aryl methyl sites for hydroxylation is 2. The van der Waals surface area contributed by atoms with Crippen LogP contribution in [-0.4, -0.2) is 4.57 Å². The van der Waals surface area contributed by atoms with Gasteiger partial charge in [0.25, 0.3) is 5.82 Å². The van der Waals surface area contributed by atoms with Crippen LogP contribution in [0.1, 0.15) is 149 Å². The minimum atomic E-state index is 1.21. The van der Waals surface area contributed by atoms with E-state index in [1.54, 1.807) is 5.82 Å². The van der Waals surface area contributed by atoms with Crippen molar-refractivity contribution < 1.29 is 4.57 Å². The molecule has 1 aromatic heterocycles. The van der Waals surface area contributed by atoms with Gasteiger partial charge in [0.2, 0.25) is 0 Å². The van der Waals surface area contributed by atoms with Crippen LogP contribution in [0.4, 0.5) is 0 Å². The maximum Gasteiger partial charge on any atom is 0.256 e. The number of aromatic nitrogens is 2. The van der Waals surface area contributed by atoms with Crippen molar-refractivity contribution in [3.63, 3.8) is 0 Å². The summed E-state index contributed by atoms with van der Waals surface area (Å²) in [5.74, 6) is 1.60. The van der Waals surface area contributed by atoms with Gasteiger partial charge in [0.05, 0.1) is 13.1 Å². The Kier molecular flexibility index (Phi) is 18.3. The largest absolute Gasteiger partial charge is 0.256 e. The lowest BCUT2D eigenvalue weighted by Gasteiger charge is -2.06. The summed E-state index contributed by atoms with van der Waals surface area (Å²) in [5, 5.41) is 0. The second-order valence-corrected chi connectivity index (χ2v) is 9.51. The number of imidazole rings is 1. The Bertz CT molecular complexity index is 477. The van der Waals surface area contributed by atoms with Crippen LogP contribution >= 0.6 is 0 Å². The van der Waals surface area contributed by atoms with Crippen molar-refractivity contribution in [3.05, 3.63) is 18.2 Å². The Morgan fingerprint density at radius 2 is 1.03 bits per heavy atom. The van der Waals surface area contributed by atoms with Crippen molar-refractivity contribution in [2.24, 2.45) is 0 Å². The zero-order valence-corrected chi connectivity index (χ0v) is 21.1. The number of rotatable bonds is 22. The molecule has 2 heteroatoms. The lowest BCUT2D eigenvalue weighted by Crippen LogP contribution is -2.37. The van der Waals surface area contributed by atoms with E-state index in [9.17, 15) is 0 Å². The van der Waals surface area contributed by atoms with Crippen molar-refractivity contribution >= 4 is 0 Å². The summed E-state index contributed by atoms with van der Waals surface area (Å²) >= 11 is 0. The molecule has 0 saturated carbocycles. The fraction of sp³-hybridized carbons (Fsp3) is 0.893. The van der Waals surface area contributed by atoms with Crippen molar-refractivity contribution in [1.29, 1.82) is 0 Å². The number of nitrogens with zero attached hydrogens (tertiary/aromatic N) is 2. The van der Waals surface area contributed by atoms with E-state index in [-0.39, 0.29) is 0 Å². The molecule has 0 saturated heterocycles. The first-order chi connectivity index (χ1) is 14.8. The van der Waals surface area contributed by atoms with Gasteiger partial charge in [0.1, 0.15) is 12.4 Å². The van der Waals surface area contributed by atoms with E-state index in [0.717, 1.165) is 0 Å². The Morgan fingerprint density at radius 3 is 1.60 bits per heavy atom. The first-order valence-corrected chi connectivity index (χ1v) is 13.9. The summed E-state index contributed by atoms with van der Waals surface area (Å²) < 4.78 is 5.15. The van der Waals surface area contributed by atoms with Crippen molar-refractivity contribution in [2.75, 3.05) is 0 Å². The van der Waals surface area contributed by atoms with Crippen LogP contribution in [-0.2, 0) is 19.5 Å². The fourth-order valence-electron chi connectivity index (χ4n) is 4.56. The van der Waals surface area contributed by atoms with Crippen LogP contribution in [0.3, 0.4) is 0 Å². The lowest BCUT2D eigenvalue weighted by atomic mass is 10.1. The van der Waals surface area contributed by atoms with Crippen LogP contribution in [0.25, 0.3) is 0 Å². The number of unbranched alkanes of at least 4 members (excludes halogenated alkanes) is 16. The highest BCUT2D eigenvalue weighted by Crippen LogP contribution is 2.13. The van der Waals surface area contributed by atoms with Gasteiger partial charge < -0.3 is 0 Å². The molecule has 0 aromatic carbocycles. The Labute approximate surface area is 189 Å². The SMILES string of the molecule is CCCCCCCCCCCCc1n(CCCCC)cc[n+]1CCCCCCCC. The highest BCUT2D eigenvalue weighted by molar-refractivity contribution is 4.84. The van der Waals surface area contributed by atoms with Gasteiger partial charge in [0, 0.05) is 6.42 Å². The van der Waals surface area contributed by atoms with Gasteiger partial charge in [-0.15, -0.1) is 0 Å².